The number of hydrogen-bond acceptors (Lipinski definition) is 3. The quantitative estimate of drug-likeness (QED) is 0.412. The molecule has 106 valence electrons. The zero-order valence-corrected chi connectivity index (χ0v) is 12.9. The molecule has 0 saturated heterocycles. The number of hydrogen-bond donors (Lipinski definition) is 0. The fourth-order valence-electron chi connectivity index (χ4n) is 1.05. The maximum Gasteiger partial charge on any atom is 0.109 e. The van der Waals surface area contributed by atoms with Crippen molar-refractivity contribution in [2.24, 2.45) is 0 Å². The van der Waals surface area contributed by atoms with Crippen molar-refractivity contribution in [1.82, 2.24) is 9.80 Å². The lowest BCUT2D eigenvalue weighted by atomic mass is 10.3. The third-order valence-corrected chi connectivity index (χ3v) is 2.05. The Morgan fingerprint density at radius 3 is 1.95 bits per heavy atom. The molecule has 0 saturated carbocycles. The van der Waals surface area contributed by atoms with E-state index >= 15 is 0 Å². The fraction of sp³-hybridized carbons (Fsp3) is 0.625. The Morgan fingerprint density at radius 1 is 1.00 bits per heavy atom. The van der Waals surface area contributed by atoms with Crippen LogP contribution in [0.4, 0.5) is 0 Å². The molecule has 3 heteroatoms. The Hall–Kier alpha value is -1.42. The van der Waals surface area contributed by atoms with Crippen LogP contribution in [0, 0.1) is 23.7 Å². The van der Waals surface area contributed by atoms with Crippen molar-refractivity contribution < 1.29 is 4.74 Å². The fourth-order valence-corrected chi connectivity index (χ4v) is 1.05. The zero-order valence-electron chi connectivity index (χ0n) is 12.9. The lowest BCUT2D eigenvalue weighted by Gasteiger charge is -2.02. The lowest BCUT2D eigenvalue weighted by Crippen LogP contribution is -2.11. The second kappa shape index (κ2) is 11.7. The van der Waals surface area contributed by atoms with Gasteiger partial charge in [0.25, 0.3) is 0 Å². The Labute approximate surface area is 118 Å². The van der Waals surface area contributed by atoms with Crippen LogP contribution in [0.2, 0.25) is 0 Å². The summed E-state index contributed by atoms with van der Waals surface area (Å²) in [5.74, 6) is 12.3. The van der Waals surface area contributed by atoms with Crippen LogP contribution in [-0.4, -0.2) is 57.7 Å². The summed E-state index contributed by atoms with van der Waals surface area (Å²) in [4.78, 5) is 4.05. The second-order valence-electron chi connectivity index (χ2n) is 4.83. The molecular formula is C16H26N2O. The van der Waals surface area contributed by atoms with Crippen molar-refractivity contribution in [1.29, 1.82) is 0 Å². The molecule has 0 aromatic rings. The number of nitrogens with zero attached hydrogens (tertiary/aromatic N) is 2. The third kappa shape index (κ3) is 12.8. The van der Waals surface area contributed by atoms with Gasteiger partial charge in [0.2, 0.25) is 0 Å². The minimum atomic E-state index is 0.724. The summed E-state index contributed by atoms with van der Waals surface area (Å²) in [5, 5.41) is 0. The first-order valence-corrected chi connectivity index (χ1v) is 6.65. The normalized spacial score (nSPS) is 9.42. The summed E-state index contributed by atoms with van der Waals surface area (Å²) in [5.41, 5.74) is 0.750. The van der Waals surface area contributed by atoms with Gasteiger partial charge in [0.05, 0.1) is 19.7 Å². The highest BCUT2D eigenvalue weighted by Crippen LogP contribution is 1.94. The Bertz CT molecular complexity index is 345. The Balaban J connectivity index is 4.51. The molecule has 0 amide bonds. The molecule has 19 heavy (non-hydrogen) atoms. The molecule has 0 spiro atoms. The highest BCUT2D eigenvalue weighted by atomic mass is 16.5. The van der Waals surface area contributed by atoms with E-state index in [2.05, 4.69) is 30.6 Å². The predicted octanol–water partition coefficient (Wildman–Crippen LogP) is 1.82. The molecule has 0 bridgehead atoms. The summed E-state index contributed by atoms with van der Waals surface area (Å²) < 4.78 is 5.46. The van der Waals surface area contributed by atoms with Gasteiger partial charge in [-0.1, -0.05) is 37.0 Å². The summed E-state index contributed by atoms with van der Waals surface area (Å²) >= 11 is 0. The van der Waals surface area contributed by atoms with Crippen molar-refractivity contribution in [3.05, 3.63) is 11.8 Å². The summed E-state index contributed by atoms with van der Waals surface area (Å²) in [6.45, 7) is 4.32. The van der Waals surface area contributed by atoms with Crippen LogP contribution in [0.25, 0.3) is 0 Å². The minimum absolute atomic E-state index is 0.724. The second-order valence-corrected chi connectivity index (χ2v) is 4.83. The van der Waals surface area contributed by atoms with E-state index in [1.807, 2.05) is 38.0 Å². The lowest BCUT2D eigenvalue weighted by molar-refractivity contribution is 0.243. The van der Waals surface area contributed by atoms with Gasteiger partial charge in [-0.25, -0.2) is 0 Å². The van der Waals surface area contributed by atoms with E-state index in [9.17, 15) is 0 Å². The largest absolute Gasteiger partial charge is 0.499 e. The van der Waals surface area contributed by atoms with Crippen LogP contribution in [0.15, 0.2) is 11.8 Å². The smallest absolute Gasteiger partial charge is 0.109 e. The van der Waals surface area contributed by atoms with E-state index in [1.54, 1.807) is 6.26 Å². The van der Waals surface area contributed by atoms with Gasteiger partial charge in [0, 0.05) is 0 Å². The molecule has 3 nitrogen and oxygen atoms in total. The minimum Gasteiger partial charge on any atom is -0.499 e. The van der Waals surface area contributed by atoms with Crippen LogP contribution in [0.3, 0.4) is 0 Å². The van der Waals surface area contributed by atoms with E-state index in [0.29, 0.717) is 0 Å². The van der Waals surface area contributed by atoms with Gasteiger partial charge >= 0.3 is 0 Å². The first kappa shape index (κ1) is 17.6. The molecule has 0 heterocycles. The molecule has 0 fully saturated rings. The molecule has 0 aliphatic rings. The molecule has 0 aromatic carbocycles. The summed E-state index contributed by atoms with van der Waals surface area (Å²) in [6, 6.07) is 0. The molecule has 0 N–H and O–H groups in total. The van der Waals surface area contributed by atoms with Gasteiger partial charge < -0.3 is 4.74 Å². The topological polar surface area (TPSA) is 15.7 Å². The molecule has 0 radical (unpaired) electrons. The van der Waals surface area contributed by atoms with Crippen LogP contribution < -0.4 is 0 Å². The third-order valence-electron chi connectivity index (χ3n) is 2.05. The molecular weight excluding hydrogens is 236 g/mol. The van der Waals surface area contributed by atoms with Crippen molar-refractivity contribution in [3.63, 3.8) is 0 Å². The first-order chi connectivity index (χ1) is 9.06. The van der Waals surface area contributed by atoms with Crippen LogP contribution in [0.5, 0.6) is 0 Å². The van der Waals surface area contributed by atoms with Crippen molar-refractivity contribution in [2.45, 2.75) is 19.8 Å². The van der Waals surface area contributed by atoms with Crippen LogP contribution >= 0.6 is 0 Å². The zero-order chi connectivity index (χ0) is 14.5. The average molecular weight is 262 g/mol. The van der Waals surface area contributed by atoms with E-state index in [1.165, 1.54) is 0 Å². The van der Waals surface area contributed by atoms with E-state index in [0.717, 1.165) is 38.1 Å². The SMILES string of the molecule is CCCCOC=C(C#CCN(C)C)C#CCN(C)C. The van der Waals surface area contributed by atoms with Gasteiger partial charge in [0.15, 0.2) is 0 Å². The molecule has 0 aromatic heterocycles. The van der Waals surface area contributed by atoms with E-state index < -0.39 is 0 Å². The maximum absolute atomic E-state index is 5.46. The monoisotopic (exact) mass is 262 g/mol. The molecule has 0 aliphatic heterocycles. The van der Waals surface area contributed by atoms with Gasteiger partial charge in [-0.05, 0) is 34.6 Å². The Morgan fingerprint density at radius 2 is 1.53 bits per heavy atom. The predicted molar refractivity (Wildman–Crippen MR) is 81.6 cm³/mol. The van der Waals surface area contributed by atoms with Crippen molar-refractivity contribution in [2.75, 3.05) is 47.9 Å². The van der Waals surface area contributed by atoms with Crippen molar-refractivity contribution in [3.8, 4) is 23.7 Å². The molecule has 0 atom stereocenters. The highest BCUT2D eigenvalue weighted by Gasteiger charge is 1.89. The number of rotatable bonds is 6. The highest BCUT2D eigenvalue weighted by molar-refractivity contribution is 5.43. The summed E-state index contributed by atoms with van der Waals surface area (Å²) in [6.07, 6.45) is 3.86. The van der Waals surface area contributed by atoms with Gasteiger partial charge in [-0.2, -0.15) is 0 Å². The standard InChI is InChI=1S/C16H26N2O/c1-6-7-14-19-15-16(10-8-12-17(2)3)11-9-13-18(4)5/h15H,6-7,12-14H2,1-5H3. The van der Waals surface area contributed by atoms with Crippen LogP contribution in [0.1, 0.15) is 19.8 Å². The molecule has 0 aliphatic carbocycles. The summed E-state index contributed by atoms with van der Waals surface area (Å²) in [7, 11) is 7.97. The van der Waals surface area contributed by atoms with Gasteiger partial charge in [0.1, 0.15) is 11.8 Å². The Kier molecular flexibility index (Phi) is 10.8. The molecule has 0 unspecified atom stereocenters. The van der Waals surface area contributed by atoms with Crippen LogP contribution in [-0.2, 0) is 4.74 Å². The number of allylic oxidation sites excluding steroid dienone is 1. The first-order valence-electron chi connectivity index (χ1n) is 6.65. The van der Waals surface area contributed by atoms with E-state index in [-0.39, 0.29) is 0 Å². The average Bonchev–Trinajstić information content (AvgIpc) is 2.33. The molecule has 0 rings (SSSR count). The van der Waals surface area contributed by atoms with E-state index in [4.69, 9.17) is 4.74 Å². The number of ether oxygens (including phenoxy) is 1. The maximum atomic E-state index is 5.46. The van der Waals surface area contributed by atoms with Gasteiger partial charge in [-0.15, -0.1) is 0 Å². The number of unbranched alkanes of at least 4 members (excludes halogenated alkanes) is 1. The van der Waals surface area contributed by atoms with Crippen molar-refractivity contribution >= 4 is 0 Å². The van der Waals surface area contributed by atoms with Gasteiger partial charge in [-0.3, -0.25) is 9.80 Å².